The van der Waals surface area contributed by atoms with Gasteiger partial charge in [0.1, 0.15) is 0 Å². The van der Waals surface area contributed by atoms with Gasteiger partial charge in [-0.25, -0.2) is 0 Å². The lowest BCUT2D eigenvalue weighted by Crippen LogP contribution is -2.10. The quantitative estimate of drug-likeness (QED) is 0.707. The van der Waals surface area contributed by atoms with Crippen LogP contribution in [0.2, 0.25) is 0 Å². The van der Waals surface area contributed by atoms with Crippen molar-refractivity contribution in [1.82, 2.24) is 0 Å². The molecule has 0 aliphatic carbocycles. The number of hydrogen-bond acceptors (Lipinski definition) is 4. The molecular weight excluding hydrogens is 242 g/mol. The van der Waals surface area contributed by atoms with E-state index in [2.05, 4.69) is 6.07 Å². The molecule has 0 N–H and O–H groups in total. The van der Waals surface area contributed by atoms with Gasteiger partial charge in [-0.3, -0.25) is 0 Å². The summed E-state index contributed by atoms with van der Waals surface area (Å²) in [6.07, 6.45) is 1.60. The minimum Gasteiger partial charge on any atom is -0.493 e. The average molecular weight is 263 g/mol. The third kappa shape index (κ3) is 4.36. The monoisotopic (exact) mass is 263 g/mol. The lowest BCUT2D eigenvalue weighted by molar-refractivity contribution is 0.256. The summed E-state index contributed by atoms with van der Waals surface area (Å²) < 4.78 is 16.2. The molecule has 4 nitrogen and oxygen atoms in total. The van der Waals surface area contributed by atoms with Crippen molar-refractivity contribution in [3.05, 3.63) is 18.2 Å². The Morgan fingerprint density at radius 3 is 2.21 bits per heavy atom. The molecule has 0 amide bonds. The Labute approximate surface area is 114 Å². The Kier molecular flexibility index (Phi) is 5.50. The van der Waals surface area contributed by atoms with Crippen LogP contribution in [0.3, 0.4) is 0 Å². The Morgan fingerprint density at radius 1 is 1.16 bits per heavy atom. The van der Waals surface area contributed by atoms with Gasteiger partial charge >= 0.3 is 0 Å². The number of para-hydroxylation sites is 1. The van der Waals surface area contributed by atoms with E-state index in [-0.39, 0.29) is 5.41 Å². The molecule has 1 rings (SSSR count). The van der Waals surface area contributed by atoms with Crippen molar-refractivity contribution in [2.75, 3.05) is 20.8 Å². The number of nitrogens with zero attached hydrogens (tertiary/aromatic N) is 1. The van der Waals surface area contributed by atoms with Crippen molar-refractivity contribution in [3.63, 3.8) is 0 Å². The first-order valence-corrected chi connectivity index (χ1v) is 6.29. The molecule has 0 aliphatic heterocycles. The van der Waals surface area contributed by atoms with E-state index < -0.39 is 0 Å². The first kappa shape index (κ1) is 15.2. The Hall–Kier alpha value is -1.89. The van der Waals surface area contributed by atoms with Crippen molar-refractivity contribution < 1.29 is 14.2 Å². The second-order valence-electron chi connectivity index (χ2n) is 4.94. The fraction of sp³-hybridized carbons (Fsp3) is 0.533. The SMILES string of the molecule is COc1cccc(OC)c1OCCCC(C)(C)C#N. The van der Waals surface area contributed by atoms with E-state index in [0.717, 1.165) is 12.8 Å². The number of benzene rings is 1. The van der Waals surface area contributed by atoms with Gasteiger partial charge in [-0.15, -0.1) is 0 Å². The molecule has 0 radical (unpaired) electrons. The zero-order chi connectivity index (χ0) is 14.3. The molecule has 1 aromatic rings. The van der Waals surface area contributed by atoms with E-state index in [4.69, 9.17) is 19.5 Å². The van der Waals surface area contributed by atoms with Crippen molar-refractivity contribution in [1.29, 1.82) is 5.26 Å². The van der Waals surface area contributed by atoms with Gasteiger partial charge in [0.2, 0.25) is 5.75 Å². The molecule has 0 spiro atoms. The van der Waals surface area contributed by atoms with Crippen molar-refractivity contribution >= 4 is 0 Å². The van der Waals surface area contributed by atoms with Gasteiger partial charge in [-0.1, -0.05) is 6.07 Å². The molecular formula is C15H21NO3. The van der Waals surface area contributed by atoms with Crippen molar-refractivity contribution in [3.8, 4) is 23.3 Å². The fourth-order valence-electron chi connectivity index (χ4n) is 1.70. The highest BCUT2D eigenvalue weighted by atomic mass is 16.5. The molecule has 0 aromatic heterocycles. The molecule has 104 valence electrons. The molecule has 0 bridgehead atoms. The second-order valence-corrected chi connectivity index (χ2v) is 4.94. The highest BCUT2D eigenvalue weighted by molar-refractivity contribution is 5.51. The van der Waals surface area contributed by atoms with E-state index in [1.807, 2.05) is 32.0 Å². The van der Waals surface area contributed by atoms with Crippen LogP contribution in [0.25, 0.3) is 0 Å². The molecule has 0 heterocycles. The molecule has 1 aromatic carbocycles. The molecule has 0 unspecified atom stereocenters. The van der Waals surface area contributed by atoms with Gasteiger partial charge in [0.15, 0.2) is 11.5 Å². The summed E-state index contributed by atoms with van der Waals surface area (Å²) in [5.41, 5.74) is -0.311. The molecule has 4 heteroatoms. The molecule has 0 fully saturated rings. The summed E-state index contributed by atoms with van der Waals surface area (Å²) in [6, 6.07) is 7.79. The lowest BCUT2D eigenvalue weighted by Gasteiger charge is -2.17. The summed E-state index contributed by atoms with van der Waals surface area (Å²) in [5, 5.41) is 8.94. The minimum absolute atomic E-state index is 0.311. The normalized spacial score (nSPS) is 10.7. The van der Waals surface area contributed by atoms with Gasteiger partial charge in [0.25, 0.3) is 0 Å². The maximum absolute atomic E-state index is 8.94. The van der Waals surface area contributed by atoms with E-state index in [0.29, 0.717) is 23.9 Å². The maximum Gasteiger partial charge on any atom is 0.203 e. The van der Waals surface area contributed by atoms with Crippen LogP contribution in [0.5, 0.6) is 17.2 Å². The number of rotatable bonds is 7. The van der Waals surface area contributed by atoms with Gasteiger partial charge in [-0.2, -0.15) is 5.26 Å². The van der Waals surface area contributed by atoms with Crippen LogP contribution in [0.4, 0.5) is 0 Å². The third-order valence-electron chi connectivity index (χ3n) is 2.88. The average Bonchev–Trinajstić information content (AvgIpc) is 2.43. The van der Waals surface area contributed by atoms with Crippen LogP contribution in [0.15, 0.2) is 18.2 Å². The van der Waals surface area contributed by atoms with Gasteiger partial charge in [0, 0.05) is 0 Å². The van der Waals surface area contributed by atoms with Crippen LogP contribution >= 0.6 is 0 Å². The number of ether oxygens (including phenoxy) is 3. The number of methoxy groups -OCH3 is 2. The minimum atomic E-state index is -0.311. The van der Waals surface area contributed by atoms with E-state index in [9.17, 15) is 0 Å². The van der Waals surface area contributed by atoms with Crippen LogP contribution in [-0.4, -0.2) is 20.8 Å². The molecule has 0 saturated carbocycles. The second kappa shape index (κ2) is 6.89. The summed E-state index contributed by atoms with van der Waals surface area (Å²) in [4.78, 5) is 0. The van der Waals surface area contributed by atoms with Crippen LogP contribution < -0.4 is 14.2 Å². The smallest absolute Gasteiger partial charge is 0.203 e. The maximum atomic E-state index is 8.94. The highest BCUT2D eigenvalue weighted by Gasteiger charge is 2.16. The van der Waals surface area contributed by atoms with E-state index in [1.54, 1.807) is 14.2 Å². The Morgan fingerprint density at radius 2 is 1.74 bits per heavy atom. The number of hydrogen-bond donors (Lipinski definition) is 0. The largest absolute Gasteiger partial charge is 0.493 e. The Balaban J connectivity index is 2.60. The molecule has 19 heavy (non-hydrogen) atoms. The van der Waals surface area contributed by atoms with Gasteiger partial charge < -0.3 is 14.2 Å². The van der Waals surface area contributed by atoms with Gasteiger partial charge in [0.05, 0.1) is 32.3 Å². The predicted molar refractivity (Wildman–Crippen MR) is 73.7 cm³/mol. The third-order valence-corrected chi connectivity index (χ3v) is 2.88. The van der Waals surface area contributed by atoms with E-state index >= 15 is 0 Å². The van der Waals surface area contributed by atoms with Crippen LogP contribution in [0.1, 0.15) is 26.7 Å². The first-order chi connectivity index (χ1) is 9.04. The molecule has 0 atom stereocenters. The van der Waals surface area contributed by atoms with E-state index in [1.165, 1.54) is 0 Å². The van der Waals surface area contributed by atoms with Crippen molar-refractivity contribution in [2.45, 2.75) is 26.7 Å². The van der Waals surface area contributed by atoms with Gasteiger partial charge in [-0.05, 0) is 38.8 Å². The Bertz CT molecular complexity index is 427. The molecule has 0 aliphatic rings. The predicted octanol–water partition coefficient (Wildman–Crippen LogP) is 3.41. The lowest BCUT2D eigenvalue weighted by atomic mass is 9.90. The van der Waals surface area contributed by atoms with Crippen LogP contribution in [0, 0.1) is 16.7 Å². The van der Waals surface area contributed by atoms with Crippen molar-refractivity contribution in [2.24, 2.45) is 5.41 Å². The summed E-state index contributed by atoms with van der Waals surface area (Å²) >= 11 is 0. The summed E-state index contributed by atoms with van der Waals surface area (Å²) in [5.74, 6) is 1.92. The topological polar surface area (TPSA) is 51.5 Å². The zero-order valence-electron chi connectivity index (χ0n) is 12.0. The fourth-order valence-corrected chi connectivity index (χ4v) is 1.70. The summed E-state index contributed by atoms with van der Waals surface area (Å²) in [6.45, 7) is 4.38. The highest BCUT2D eigenvalue weighted by Crippen LogP contribution is 2.37. The standard InChI is InChI=1S/C15H21NO3/c1-15(2,11-16)9-6-10-19-14-12(17-3)7-5-8-13(14)18-4/h5,7-8H,6,9-10H2,1-4H3. The zero-order valence-corrected chi connectivity index (χ0v) is 12.0. The first-order valence-electron chi connectivity index (χ1n) is 6.29. The summed E-state index contributed by atoms with van der Waals surface area (Å²) in [7, 11) is 3.20. The number of nitriles is 1. The molecule has 0 saturated heterocycles. The van der Waals surface area contributed by atoms with Crippen LogP contribution in [-0.2, 0) is 0 Å².